The lowest BCUT2D eigenvalue weighted by Gasteiger charge is -2.17. The van der Waals surface area contributed by atoms with E-state index < -0.39 is 10.2 Å². The van der Waals surface area contributed by atoms with Crippen LogP contribution in [0, 0.1) is 10.2 Å². The lowest BCUT2D eigenvalue weighted by molar-refractivity contribution is -2.00. The molecule has 8 nitrogen and oxygen atoms in total. The van der Waals surface area contributed by atoms with Crippen molar-refractivity contribution < 1.29 is 38.2 Å². The minimum Gasteiger partial charge on any atom is -0.497 e. The summed E-state index contributed by atoms with van der Waals surface area (Å²) >= 11 is 0. The number of aryl methyl sites for hydroxylation is 1. The summed E-state index contributed by atoms with van der Waals surface area (Å²) in [6.07, 6.45) is 5.65. The van der Waals surface area contributed by atoms with Gasteiger partial charge in [-0.15, -0.1) is 10.2 Å². The van der Waals surface area contributed by atoms with Gasteiger partial charge in [0.15, 0.2) is 0 Å². The number of aromatic nitrogens is 2. The van der Waals surface area contributed by atoms with E-state index in [-0.39, 0.29) is 5.69 Å². The van der Waals surface area contributed by atoms with Gasteiger partial charge in [0.2, 0.25) is 0 Å². The average molecular weight is 357 g/mol. The molecule has 0 unspecified atom stereocenters. The highest BCUT2D eigenvalue weighted by Gasteiger charge is 2.06. The molecule has 0 aliphatic heterocycles. The molecule has 0 fully saturated rings. The largest absolute Gasteiger partial charge is 0.497 e. The highest BCUT2D eigenvalue weighted by molar-refractivity contribution is 5.68. The van der Waals surface area contributed by atoms with Gasteiger partial charge in [0.05, 0.1) is 27.4 Å². The van der Waals surface area contributed by atoms with Crippen molar-refractivity contribution in [1.29, 1.82) is 0 Å². The predicted octanol–water partition coefficient (Wildman–Crippen LogP) is -3.37. The second-order valence-electron chi connectivity index (χ2n) is 4.68. The van der Waals surface area contributed by atoms with Crippen molar-refractivity contribution in [3.63, 3.8) is 0 Å². The Morgan fingerprint density at radius 1 is 1.08 bits per heavy atom. The van der Waals surface area contributed by atoms with Crippen molar-refractivity contribution in [2.45, 2.75) is 0 Å². The van der Waals surface area contributed by atoms with E-state index in [0.29, 0.717) is 0 Å². The Morgan fingerprint density at radius 2 is 1.62 bits per heavy atom. The molecule has 0 aliphatic carbocycles. The van der Waals surface area contributed by atoms with Gasteiger partial charge in [-0.1, -0.05) is 18.2 Å². The fourth-order valence-electron chi connectivity index (χ4n) is 1.77. The van der Waals surface area contributed by atoms with Crippen LogP contribution in [0.4, 0.5) is 0 Å². The molecule has 0 spiro atoms. The third kappa shape index (κ3) is 6.90. The van der Waals surface area contributed by atoms with Crippen LogP contribution in [-0.4, -0.2) is 11.7 Å². The smallest absolute Gasteiger partial charge is 0.497 e. The Bertz CT molecular complexity index is 744. The van der Waals surface area contributed by atoms with Gasteiger partial charge in [0.25, 0.3) is 0 Å². The number of benzene rings is 1. The lowest BCUT2D eigenvalue weighted by Crippen LogP contribution is -2.68. The summed E-state index contributed by atoms with van der Waals surface area (Å²) in [5.41, 5.74) is 1.87. The molecule has 0 saturated heterocycles. The maximum atomic E-state index is 11.8. The first-order chi connectivity index (χ1) is 11.1. The molecule has 0 saturated carbocycles. The summed E-state index contributed by atoms with van der Waals surface area (Å²) in [5.74, 6) is 0.830. The summed E-state index contributed by atoms with van der Waals surface area (Å²) in [6, 6.07) is 9.65. The summed E-state index contributed by atoms with van der Waals surface area (Å²) in [5, 5.41) is 0. The van der Waals surface area contributed by atoms with Crippen LogP contribution < -0.4 is 33.6 Å². The summed E-state index contributed by atoms with van der Waals surface area (Å²) < 4.78 is 42.2. The van der Waals surface area contributed by atoms with Gasteiger partial charge >= 0.3 is 5.69 Å². The number of ether oxygens (including phenoxy) is 1. The molecule has 9 heteroatoms. The molecule has 24 heavy (non-hydrogen) atoms. The monoisotopic (exact) mass is 356 g/mol. The normalized spacial score (nSPS) is 11.1. The highest BCUT2D eigenvalue weighted by Crippen LogP contribution is 2.13. The van der Waals surface area contributed by atoms with Crippen molar-refractivity contribution in [1.82, 2.24) is 4.57 Å². The van der Waals surface area contributed by atoms with Crippen molar-refractivity contribution in [2.75, 3.05) is 7.11 Å². The molecule has 0 atom stereocenters. The Hall–Kier alpha value is -2.23. The van der Waals surface area contributed by atoms with Crippen LogP contribution in [0.1, 0.15) is 11.3 Å². The molecule has 1 aromatic carbocycles. The van der Waals surface area contributed by atoms with E-state index in [9.17, 15) is 4.79 Å². The predicted molar refractivity (Wildman–Crippen MR) is 74.8 cm³/mol. The van der Waals surface area contributed by atoms with Gasteiger partial charge in [-0.05, 0) is 23.8 Å². The second kappa shape index (κ2) is 8.57. The topological polar surface area (TPSA) is 127 Å². The molecular formula is C15H17ClN2O6. The maximum absolute atomic E-state index is 11.8. The van der Waals surface area contributed by atoms with Gasteiger partial charge in [-0.3, -0.25) is 0 Å². The van der Waals surface area contributed by atoms with Gasteiger partial charge in [-0.25, -0.2) is 23.2 Å². The van der Waals surface area contributed by atoms with Crippen LogP contribution in [0.25, 0.3) is 12.2 Å². The zero-order chi connectivity index (χ0) is 18.3. The van der Waals surface area contributed by atoms with Crippen LogP contribution in [0.2, 0.25) is 0 Å². The minimum absolute atomic E-state index is 0.0446. The zero-order valence-corrected chi connectivity index (χ0v) is 14.1. The van der Waals surface area contributed by atoms with Crippen molar-refractivity contribution in [3.05, 3.63) is 58.3 Å². The second-order valence-corrected chi connectivity index (χ2v) is 5.43. The van der Waals surface area contributed by atoms with E-state index in [4.69, 9.17) is 23.4 Å². The average Bonchev–Trinajstić information content (AvgIpc) is 2.51. The number of nitrogens with zero attached hydrogens (tertiary/aromatic N) is 2. The molecule has 0 amide bonds. The van der Waals surface area contributed by atoms with Crippen LogP contribution in [0.5, 0.6) is 5.75 Å². The molecule has 0 bridgehead atoms. The third-order valence-corrected chi connectivity index (χ3v) is 3.01. The summed E-state index contributed by atoms with van der Waals surface area (Å²) in [7, 11) is 0.194. The van der Waals surface area contributed by atoms with Gasteiger partial charge in [0.1, 0.15) is 11.4 Å². The first-order valence-electron chi connectivity index (χ1n) is 6.61. The molecule has 0 aliphatic rings. The number of hydrogen-bond acceptors (Lipinski definition) is 6. The minimum atomic E-state index is -4.94. The molecule has 2 aromatic rings. The zero-order valence-electron chi connectivity index (χ0n) is 13.3. The molecular weight excluding hydrogens is 340 g/mol. The van der Waals surface area contributed by atoms with E-state index in [0.717, 1.165) is 17.0 Å². The van der Waals surface area contributed by atoms with Crippen LogP contribution in [0.15, 0.2) is 41.3 Å². The summed E-state index contributed by atoms with van der Waals surface area (Å²) in [6.45, 7) is 0. The molecule has 1 heterocycles. The number of halogens is 1. The van der Waals surface area contributed by atoms with Crippen LogP contribution >= 0.6 is 0 Å². The maximum Gasteiger partial charge on any atom is 0.497 e. The van der Waals surface area contributed by atoms with Crippen molar-refractivity contribution in [3.8, 4) is 5.75 Å². The third-order valence-electron chi connectivity index (χ3n) is 3.01. The van der Waals surface area contributed by atoms with Gasteiger partial charge < -0.3 is 4.74 Å². The Morgan fingerprint density at radius 3 is 2.12 bits per heavy atom. The Kier molecular flexibility index (Phi) is 7.08. The first-order valence-corrected chi connectivity index (χ1v) is 7.85. The lowest BCUT2D eigenvalue weighted by atomic mass is 10.2. The van der Waals surface area contributed by atoms with Crippen molar-refractivity contribution in [2.24, 2.45) is 14.1 Å². The van der Waals surface area contributed by atoms with Gasteiger partial charge in [0, 0.05) is 6.07 Å². The molecule has 2 rings (SSSR count). The summed E-state index contributed by atoms with van der Waals surface area (Å²) in [4.78, 5) is 11.8. The molecule has 130 valence electrons. The molecule has 0 radical (unpaired) electrons. The standard InChI is InChI=1S/C15H17N2O2.ClHO4/c1-16-11-10-13(17(2)15(16)18)7-4-12-5-8-14(19-3)9-6-12;2-1(3,4)5/h4-11H,1-3H3;(H,2,3,4,5)/q+1;/p-1. The Labute approximate surface area is 140 Å². The SMILES string of the molecule is COc1ccc(C=Cc2cc[n+](C)c(=O)n2C)cc1.[O-][Cl+3]([O-])([O-])[O-]. The van der Waals surface area contributed by atoms with E-state index in [2.05, 4.69) is 0 Å². The fraction of sp³-hybridized carbons (Fsp3) is 0.200. The van der Waals surface area contributed by atoms with E-state index >= 15 is 0 Å². The van der Waals surface area contributed by atoms with Crippen molar-refractivity contribution >= 4 is 12.2 Å². The quantitative estimate of drug-likeness (QED) is 0.528. The first kappa shape index (κ1) is 19.8. The van der Waals surface area contributed by atoms with E-state index in [1.165, 1.54) is 0 Å². The number of rotatable bonds is 3. The Balaban J connectivity index is 0.000000505. The number of hydrogen-bond donors (Lipinski definition) is 0. The van der Waals surface area contributed by atoms with Gasteiger partial charge in [-0.2, -0.15) is 9.36 Å². The molecule has 1 aromatic heterocycles. The molecule has 0 N–H and O–H groups in total. The fourth-order valence-corrected chi connectivity index (χ4v) is 1.77. The van der Waals surface area contributed by atoms with Crippen LogP contribution in [0.3, 0.4) is 0 Å². The van der Waals surface area contributed by atoms with Crippen LogP contribution in [-0.2, 0) is 14.1 Å². The van der Waals surface area contributed by atoms with E-state index in [1.54, 1.807) is 36.5 Å². The number of methoxy groups -OCH3 is 1. The highest BCUT2D eigenvalue weighted by atomic mass is 35.7. The van der Waals surface area contributed by atoms with E-state index in [1.807, 2.05) is 42.5 Å².